The fourth-order valence-electron chi connectivity index (χ4n) is 5.12. The first-order valence-corrected chi connectivity index (χ1v) is 11.8. The molecule has 9 heteroatoms. The number of alkyl carbamates (subject to hydrolysis) is 1. The molecule has 184 valence electrons. The summed E-state index contributed by atoms with van der Waals surface area (Å²) in [6.45, 7) is 0.0549. The van der Waals surface area contributed by atoms with Crippen LogP contribution in [0.5, 0.6) is 0 Å². The van der Waals surface area contributed by atoms with Crippen LogP contribution in [-0.4, -0.2) is 47.2 Å². The summed E-state index contributed by atoms with van der Waals surface area (Å²) in [5.74, 6) is -7.92. The lowest BCUT2D eigenvalue weighted by molar-refractivity contribution is -0.171. The Balaban J connectivity index is 1.25. The van der Waals surface area contributed by atoms with Gasteiger partial charge in [0.2, 0.25) is 5.91 Å². The van der Waals surface area contributed by atoms with Gasteiger partial charge in [-0.3, -0.25) is 4.79 Å². The Hall–Kier alpha value is -3.49. The summed E-state index contributed by atoms with van der Waals surface area (Å²) in [5, 5.41) is 13.8. The van der Waals surface area contributed by atoms with Crippen molar-refractivity contribution in [1.82, 2.24) is 10.6 Å². The Morgan fingerprint density at radius 2 is 1.60 bits per heavy atom. The molecule has 35 heavy (non-hydrogen) atoms. The van der Waals surface area contributed by atoms with Gasteiger partial charge in [0.15, 0.2) is 0 Å². The zero-order chi connectivity index (χ0) is 24.8. The Morgan fingerprint density at radius 1 is 1.03 bits per heavy atom. The highest BCUT2D eigenvalue weighted by Gasteiger charge is 2.57. The summed E-state index contributed by atoms with van der Waals surface area (Å²) in [6, 6.07) is 14.0. The topological polar surface area (TPSA) is 105 Å². The van der Waals surface area contributed by atoms with E-state index in [1.165, 1.54) is 0 Å². The van der Waals surface area contributed by atoms with E-state index in [1.54, 1.807) is 0 Å². The molecule has 0 spiro atoms. The number of hydrogen-bond acceptors (Lipinski definition) is 4. The van der Waals surface area contributed by atoms with Gasteiger partial charge in [-0.05, 0) is 60.3 Å². The standard InChI is InChI=1S/C26H26F2N2O5/c27-26(28,23(32)33)21(15-10-11-15)29-22(31)25(12-5-13-25)30-24(34)35-14-20-18-8-3-1-6-16(18)17-7-2-4-9-19(17)20/h1-4,6-9,15,20-21H,5,10-14H2,(H,29,31)(H,30,34)(H,32,33). The molecule has 2 fully saturated rings. The van der Waals surface area contributed by atoms with Gasteiger partial charge in [-0.25, -0.2) is 9.59 Å². The molecule has 1 atom stereocenters. The van der Waals surface area contributed by atoms with E-state index in [-0.39, 0.29) is 25.4 Å². The molecule has 0 aromatic heterocycles. The SMILES string of the molecule is O=C(NC1(C(=O)NC(C2CC2)C(F)(F)C(=O)O)CCC1)OCC1c2ccccc2-c2ccccc21. The molecule has 5 rings (SSSR count). The third kappa shape index (κ3) is 4.13. The Kier molecular flexibility index (Phi) is 5.73. The second-order valence-electron chi connectivity index (χ2n) is 9.60. The first-order valence-electron chi connectivity index (χ1n) is 11.8. The molecule has 2 aromatic rings. The number of aliphatic carboxylic acids is 1. The first kappa shape index (κ1) is 23.3. The van der Waals surface area contributed by atoms with Crippen LogP contribution in [0.25, 0.3) is 11.1 Å². The number of carbonyl (C=O) groups excluding carboxylic acids is 2. The number of fused-ring (bicyclic) bond motifs is 3. The molecule has 0 radical (unpaired) electrons. The molecule has 2 amide bonds. The minimum Gasteiger partial charge on any atom is -0.477 e. The van der Waals surface area contributed by atoms with Gasteiger partial charge in [0.1, 0.15) is 18.2 Å². The highest BCUT2D eigenvalue weighted by molar-refractivity contribution is 5.92. The zero-order valence-corrected chi connectivity index (χ0v) is 18.9. The summed E-state index contributed by atoms with van der Waals surface area (Å²) in [6.07, 6.45) is 1.18. The van der Waals surface area contributed by atoms with E-state index < -0.39 is 41.4 Å². The van der Waals surface area contributed by atoms with Crippen LogP contribution >= 0.6 is 0 Å². The van der Waals surface area contributed by atoms with E-state index in [9.17, 15) is 23.2 Å². The van der Waals surface area contributed by atoms with Crippen molar-refractivity contribution in [2.45, 2.75) is 55.5 Å². The van der Waals surface area contributed by atoms with E-state index in [0.717, 1.165) is 22.3 Å². The summed E-state index contributed by atoms with van der Waals surface area (Å²) in [4.78, 5) is 36.8. The van der Waals surface area contributed by atoms with Crippen LogP contribution in [0.2, 0.25) is 0 Å². The smallest absolute Gasteiger partial charge is 0.408 e. The lowest BCUT2D eigenvalue weighted by Gasteiger charge is -2.41. The largest absolute Gasteiger partial charge is 0.477 e. The summed E-state index contributed by atoms with van der Waals surface area (Å²) >= 11 is 0. The maximum Gasteiger partial charge on any atom is 0.408 e. The third-order valence-electron chi connectivity index (χ3n) is 7.38. The Labute approximate surface area is 200 Å². The number of carbonyl (C=O) groups is 3. The number of carboxylic acid groups (broad SMARTS) is 1. The molecule has 3 aliphatic carbocycles. The monoisotopic (exact) mass is 484 g/mol. The molecule has 2 saturated carbocycles. The molecular weight excluding hydrogens is 458 g/mol. The van der Waals surface area contributed by atoms with E-state index in [2.05, 4.69) is 10.6 Å². The molecule has 1 unspecified atom stereocenters. The predicted molar refractivity (Wildman–Crippen MR) is 122 cm³/mol. The van der Waals surface area contributed by atoms with Gasteiger partial charge in [-0.15, -0.1) is 0 Å². The van der Waals surface area contributed by atoms with Crippen molar-refractivity contribution in [1.29, 1.82) is 0 Å². The van der Waals surface area contributed by atoms with Gasteiger partial charge in [0.05, 0.1) is 0 Å². The molecule has 2 aromatic carbocycles. The number of nitrogens with one attached hydrogen (secondary N) is 2. The normalized spacial score (nSPS) is 19.0. The van der Waals surface area contributed by atoms with E-state index in [0.29, 0.717) is 19.3 Å². The van der Waals surface area contributed by atoms with Crippen LogP contribution in [0.4, 0.5) is 13.6 Å². The zero-order valence-electron chi connectivity index (χ0n) is 18.9. The highest BCUT2D eigenvalue weighted by atomic mass is 19.3. The summed E-state index contributed by atoms with van der Waals surface area (Å²) in [7, 11) is 0. The van der Waals surface area contributed by atoms with Gasteiger partial charge >= 0.3 is 18.0 Å². The van der Waals surface area contributed by atoms with Crippen LogP contribution in [0.3, 0.4) is 0 Å². The Bertz CT molecular complexity index is 1130. The average molecular weight is 484 g/mol. The number of rotatable bonds is 8. The van der Waals surface area contributed by atoms with Gasteiger partial charge < -0.3 is 20.5 Å². The minimum absolute atomic E-state index is 0.0549. The molecule has 0 bridgehead atoms. The molecule has 0 heterocycles. The van der Waals surface area contributed by atoms with Crippen molar-refractivity contribution in [3.05, 3.63) is 59.7 Å². The number of hydrogen-bond donors (Lipinski definition) is 3. The predicted octanol–water partition coefficient (Wildman–Crippen LogP) is 4.06. The second-order valence-corrected chi connectivity index (χ2v) is 9.60. The fourth-order valence-corrected chi connectivity index (χ4v) is 5.12. The van der Waals surface area contributed by atoms with E-state index >= 15 is 0 Å². The van der Waals surface area contributed by atoms with Crippen LogP contribution in [0, 0.1) is 5.92 Å². The summed E-state index contributed by atoms with van der Waals surface area (Å²) < 4.78 is 34.0. The molecular formula is C26H26F2N2O5. The van der Waals surface area contributed by atoms with Crippen molar-refractivity contribution in [2.75, 3.05) is 6.61 Å². The van der Waals surface area contributed by atoms with Gasteiger partial charge in [0.25, 0.3) is 0 Å². The van der Waals surface area contributed by atoms with E-state index in [4.69, 9.17) is 9.84 Å². The maximum atomic E-state index is 14.2. The lowest BCUT2D eigenvalue weighted by atomic mass is 9.75. The number of amides is 2. The van der Waals surface area contributed by atoms with Crippen molar-refractivity contribution in [3.8, 4) is 11.1 Å². The number of halogens is 2. The number of ether oxygens (including phenoxy) is 1. The van der Waals surface area contributed by atoms with Crippen molar-refractivity contribution in [3.63, 3.8) is 0 Å². The second kappa shape index (κ2) is 8.62. The lowest BCUT2D eigenvalue weighted by Crippen LogP contribution is -2.66. The molecule has 3 N–H and O–H groups in total. The third-order valence-corrected chi connectivity index (χ3v) is 7.38. The number of benzene rings is 2. The van der Waals surface area contributed by atoms with Crippen LogP contribution in [0.1, 0.15) is 49.1 Å². The van der Waals surface area contributed by atoms with Crippen molar-refractivity contribution in [2.24, 2.45) is 5.92 Å². The fraction of sp³-hybridized carbons (Fsp3) is 0.423. The Morgan fingerprint density at radius 3 is 2.09 bits per heavy atom. The maximum absolute atomic E-state index is 14.2. The quantitative estimate of drug-likeness (QED) is 0.524. The minimum atomic E-state index is -4.09. The number of carboxylic acids is 1. The van der Waals surface area contributed by atoms with Crippen molar-refractivity contribution >= 4 is 18.0 Å². The van der Waals surface area contributed by atoms with Gasteiger partial charge in [-0.1, -0.05) is 48.5 Å². The van der Waals surface area contributed by atoms with Crippen molar-refractivity contribution < 1.29 is 33.0 Å². The van der Waals surface area contributed by atoms with Gasteiger partial charge in [-0.2, -0.15) is 8.78 Å². The first-order chi connectivity index (χ1) is 16.7. The summed E-state index contributed by atoms with van der Waals surface area (Å²) in [5.41, 5.74) is 2.86. The van der Waals surface area contributed by atoms with E-state index in [1.807, 2.05) is 48.5 Å². The molecule has 7 nitrogen and oxygen atoms in total. The number of alkyl halides is 2. The average Bonchev–Trinajstić information content (AvgIpc) is 3.60. The van der Waals surface area contributed by atoms with Crippen LogP contribution in [-0.2, 0) is 14.3 Å². The molecule has 0 aliphatic heterocycles. The van der Waals surface area contributed by atoms with Gasteiger partial charge in [0, 0.05) is 5.92 Å². The van der Waals surface area contributed by atoms with Crippen LogP contribution in [0.15, 0.2) is 48.5 Å². The molecule has 3 aliphatic rings. The molecule has 0 saturated heterocycles. The van der Waals surface area contributed by atoms with Crippen LogP contribution < -0.4 is 10.6 Å². The highest BCUT2D eigenvalue weighted by Crippen LogP contribution is 2.45.